The number of carbonyl (C=O) groups is 1. The molecule has 5 rings (SSSR count). The van der Waals surface area contributed by atoms with E-state index in [0.717, 1.165) is 38.5 Å². The van der Waals surface area contributed by atoms with Gasteiger partial charge in [0.05, 0.1) is 0 Å². The van der Waals surface area contributed by atoms with E-state index in [2.05, 4.69) is 56.6 Å². The SMILES string of the molecule is Cc1ccccc1C(=O)NC(=S)N(Cc1cccc2[nH]ccc12)Cc1cccc2[nH]ccc12. The van der Waals surface area contributed by atoms with Crippen LogP contribution in [-0.2, 0) is 13.1 Å². The number of fused-ring (bicyclic) bond motifs is 2. The second-order valence-electron chi connectivity index (χ2n) is 8.14. The third kappa shape index (κ3) is 4.25. The first-order chi connectivity index (χ1) is 16.1. The van der Waals surface area contributed by atoms with Crippen LogP contribution in [0.2, 0.25) is 0 Å². The molecule has 164 valence electrons. The molecule has 0 saturated heterocycles. The van der Waals surface area contributed by atoms with Crippen molar-refractivity contribution in [2.75, 3.05) is 0 Å². The van der Waals surface area contributed by atoms with Gasteiger partial charge in [-0.3, -0.25) is 10.1 Å². The van der Waals surface area contributed by atoms with Gasteiger partial charge in [-0.15, -0.1) is 0 Å². The molecule has 3 aromatic carbocycles. The van der Waals surface area contributed by atoms with Crippen molar-refractivity contribution < 1.29 is 4.79 Å². The third-order valence-electron chi connectivity index (χ3n) is 5.99. The average molecular weight is 453 g/mol. The first kappa shape index (κ1) is 21.0. The summed E-state index contributed by atoms with van der Waals surface area (Å²) < 4.78 is 0. The number of thiocarbonyl (C=S) groups is 1. The van der Waals surface area contributed by atoms with E-state index in [0.29, 0.717) is 23.8 Å². The third-order valence-corrected chi connectivity index (χ3v) is 6.35. The maximum atomic E-state index is 13.0. The summed E-state index contributed by atoms with van der Waals surface area (Å²) in [6, 6.07) is 24.1. The Bertz CT molecular complexity index is 1390. The maximum Gasteiger partial charge on any atom is 0.257 e. The minimum Gasteiger partial charge on any atom is -0.361 e. The van der Waals surface area contributed by atoms with Gasteiger partial charge in [-0.05, 0) is 66.2 Å². The predicted molar refractivity (Wildman–Crippen MR) is 137 cm³/mol. The van der Waals surface area contributed by atoms with Gasteiger partial charge in [0.25, 0.3) is 5.91 Å². The summed E-state index contributed by atoms with van der Waals surface area (Å²) in [5, 5.41) is 5.67. The van der Waals surface area contributed by atoms with Gasteiger partial charge in [0.15, 0.2) is 5.11 Å². The highest BCUT2D eigenvalue weighted by Gasteiger charge is 2.18. The lowest BCUT2D eigenvalue weighted by Crippen LogP contribution is -2.42. The number of aromatic nitrogens is 2. The smallest absolute Gasteiger partial charge is 0.257 e. The Morgan fingerprint density at radius 1 is 0.818 bits per heavy atom. The van der Waals surface area contributed by atoms with E-state index in [1.807, 2.05) is 55.7 Å². The number of carbonyl (C=O) groups excluding carboxylic acids is 1. The molecule has 3 N–H and O–H groups in total. The molecule has 0 radical (unpaired) electrons. The van der Waals surface area contributed by atoms with Crippen molar-refractivity contribution in [2.24, 2.45) is 0 Å². The Labute approximate surface area is 197 Å². The fourth-order valence-electron chi connectivity index (χ4n) is 4.26. The van der Waals surface area contributed by atoms with Gasteiger partial charge in [0.1, 0.15) is 0 Å². The topological polar surface area (TPSA) is 63.9 Å². The van der Waals surface area contributed by atoms with Gasteiger partial charge >= 0.3 is 0 Å². The van der Waals surface area contributed by atoms with E-state index in [-0.39, 0.29) is 5.91 Å². The van der Waals surface area contributed by atoms with Crippen LogP contribution in [0.15, 0.2) is 85.2 Å². The number of H-pyrrole nitrogens is 2. The number of rotatable bonds is 5. The number of aryl methyl sites for hydroxylation is 1. The maximum absolute atomic E-state index is 13.0. The van der Waals surface area contributed by atoms with Crippen molar-refractivity contribution in [2.45, 2.75) is 20.0 Å². The van der Waals surface area contributed by atoms with Crippen LogP contribution in [0.5, 0.6) is 0 Å². The van der Waals surface area contributed by atoms with Gasteiger partial charge in [-0.25, -0.2) is 0 Å². The highest BCUT2D eigenvalue weighted by Crippen LogP contribution is 2.23. The summed E-state index contributed by atoms with van der Waals surface area (Å²) in [5.41, 5.74) is 5.98. The molecule has 0 atom stereocenters. The molecule has 5 aromatic rings. The minimum absolute atomic E-state index is 0.192. The number of hydrogen-bond acceptors (Lipinski definition) is 2. The number of hydrogen-bond donors (Lipinski definition) is 3. The summed E-state index contributed by atoms with van der Waals surface area (Å²) in [6.07, 6.45) is 3.88. The molecule has 6 heteroatoms. The van der Waals surface area contributed by atoms with Crippen LogP contribution in [0.3, 0.4) is 0 Å². The van der Waals surface area contributed by atoms with Crippen LogP contribution >= 0.6 is 12.2 Å². The summed E-state index contributed by atoms with van der Waals surface area (Å²) in [4.78, 5) is 21.6. The standard InChI is InChI=1S/C27H24N4OS/c1-18-6-2-3-9-21(18)26(32)30-27(33)31(16-19-7-4-10-24-22(19)12-14-28-24)17-20-8-5-11-25-23(20)13-15-29-25/h2-15,28-29H,16-17H2,1H3,(H,30,32,33). The molecule has 0 spiro atoms. The minimum atomic E-state index is -0.192. The Morgan fingerprint density at radius 2 is 1.39 bits per heavy atom. The molecule has 5 nitrogen and oxygen atoms in total. The number of amides is 1. The van der Waals surface area contributed by atoms with Crippen LogP contribution in [0.25, 0.3) is 21.8 Å². The number of nitrogens with one attached hydrogen (secondary N) is 3. The number of benzene rings is 3. The molecular formula is C27H24N4OS. The molecule has 2 heterocycles. The first-order valence-corrected chi connectivity index (χ1v) is 11.3. The summed E-state index contributed by atoms with van der Waals surface area (Å²) >= 11 is 5.78. The van der Waals surface area contributed by atoms with E-state index in [9.17, 15) is 4.79 Å². The molecule has 0 aliphatic rings. The Kier molecular flexibility index (Phi) is 5.67. The van der Waals surface area contributed by atoms with Gasteiger partial charge in [-0.1, -0.05) is 42.5 Å². The lowest BCUT2D eigenvalue weighted by Gasteiger charge is -2.26. The van der Waals surface area contributed by atoms with E-state index < -0.39 is 0 Å². The second kappa shape index (κ2) is 8.92. The largest absolute Gasteiger partial charge is 0.361 e. The monoisotopic (exact) mass is 452 g/mol. The second-order valence-corrected chi connectivity index (χ2v) is 8.53. The van der Waals surface area contributed by atoms with Crippen molar-refractivity contribution in [3.63, 3.8) is 0 Å². The van der Waals surface area contributed by atoms with Gasteiger partial charge in [-0.2, -0.15) is 0 Å². The molecule has 0 fully saturated rings. The predicted octanol–water partition coefficient (Wildman–Crippen LogP) is 5.67. The molecule has 0 bridgehead atoms. The molecule has 0 aliphatic carbocycles. The van der Waals surface area contributed by atoms with Crippen LogP contribution in [0.4, 0.5) is 0 Å². The summed E-state index contributed by atoms with van der Waals surface area (Å²) in [6.45, 7) is 3.07. The number of aromatic amines is 2. The van der Waals surface area contributed by atoms with E-state index in [1.165, 1.54) is 0 Å². The van der Waals surface area contributed by atoms with Crippen LogP contribution < -0.4 is 5.32 Å². The highest BCUT2D eigenvalue weighted by atomic mass is 32.1. The van der Waals surface area contributed by atoms with Crippen molar-refractivity contribution in [3.05, 3.63) is 107 Å². The Balaban J connectivity index is 1.47. The molecular weight excluding hydrogens is 428 g/mol. The zero-order valence-electron chi connectivity index (χ0n) is 18.3. The molecule has 0 saturated carbocycles. The summed E-state index contributed by atoms with van der Waals surface area (Å²) in [5.74, 6) is -0.192. The average Bonchev–Trinajstić information content (AvgIpc) is 3.49. The quantitative estimate of drug-likeness (QED) is 0.301. The zero-order chi connectivity index (χ0) is 22.8. The Morgan fingerprint density at radius 3 is 1.97 bits per heavy atom. The molecule has 1 amide bonds. The fourth-order valence-corrected chi connectivity index (χ4v) is 4.48. The van der Waals surface area contributed by atoms with Gasteiger partial charge in [0.2, 0.25) is 0 Å². The van der Waals surface area contributed by atoms with Crippen LogP contribution in [0, 0.1) is 6.92 Å². The molecule has 2 aromatic heterocycles. The summed E-state index contributed by atoms with van der Waals surface area (Å²) in [7, 11) is 0. The lowest BCUT2D eigenvalue weighted by atomic mass is 10.1. The van der Waals surface area contributed by atoms with Crippen LogP contribution in [-0.4, -0.2) is 25.9 Å². The van der Waals surface area contributed by atoms with Crippen molar-refractivity contribution >= 4 is 45.0 Å². The molecule has 33 heavy (non-hydrogen) atoms. The van der Waals surface area contributed by atoms with Gasteiger partial charge < -0.3 is 14.9 Å². The molecule has 0 aliphatic heterocycles. The zero-order valence-corrected chi connectivity index (χ0v) is 19.1. The van der Waals surface area contributed by atoms with E-state index in [1.54, 1.807) is 0 Å². The number of nitrogens with zero attached hydrogens (tertiary/aromatic N) is 1. The Hall–Kier alpha value is -3.90. The first-order valence-electron chi connectivity index (χ1n) is 10.9. The van der Waals surface area contributed by atoms with Gasteiger partial charge in [0, 0.05) is 52.9 Å². The highest BCUT2D eigenvalue weighted by molar-refractivity contribution is 7.80. The normalized spacial score (nSPS) is 11.1. The van der Waals surface area contributed by atoms with E-state index >= 15 is 0 Å². The van der Waals surface area contributed by atoms with Crippen LogP contribution in [0.1, 0.15) is 27.0 Å². The van der Waals surface area contributed by atoms with E-state index in [4.69, 9.17) is 12.2 Å². The molecule has 0 unspecified atom stereocenters. The lowest BCUT2D eigenvalue weighted by molar-refractivity contribution is 0.0972. The van der Waals surface area contributed by atoms with Crippen molar-refractivity contribution in [1.82, 2.24) is 20.2 Å². The van der Waals surface area contributed by atoms with Crippen molar-refractivity contribution in [3.8, 4) is 0 Å². The van der Waals surface area contributed by atoms with Crippen molar-refractivity contribution in [1.29, 1.82) is 0 Å². The fraction of sp³-hybridized carbons (Fsp3) is 0.111.